The Bertz CT molecular complexity index is 719. The van der Waals surface area contributed by atoms with Crippen molar-refractivity contribution in [3.05, 3.63) is 54.0 Å². The first-order valence-electron chi connectivity index (χ1n) is 5.83. The maximum Gasteiger partial charge on any atom is 0.262 e. The smallest absolute Gasteiger partial charge is 0.262 e. The highest BCUT2D eigenvalue weighted by atomic mass is 32.2. The summed E-state index contributed by atoms with van der Waals surface area (Å²) in [6, 6.07) is 9.01. The van der Waals surface area contributed by atoms with Crippen molar-refractivity contribution < 1.29 is 12.8 Å². The molecule has 5 nitrogen and oxygen atoms in total. The third kappa shape index (κ3) is 2.78. The van der Waals surface area contributed by atoms with E-state index in [2.05, 4.69) is 4.98 Å². The van der Waals surface area contributed by atoms with Gasteiger partial charge in [0.15, 0.2) is 5.03 Å². The average molecular weight is 295 g/mol. The van der Waals surface area contributed by atoms with Crippen molar-refractivity contribution in [3.63, 3.8) is 0 Å². The molecule has 106 valence electrons. The number of benzene rings is 1. The van der Waals surface area contributed by atoms with Crippen LogP contribution in [0, 0.1) is 5.82 Å². The van der Waals surface area contributed by atoms with Gasteiger partial charge < -0.3 is 5.73 Å². The van der Waals surface area contributed by atoms with E-state index < -0.39 is 15.8 Å². The monoisotopic (exact) mass is 295 g/mol. The lowest BCUT2D eigenvalue weighted by atomic mass is 10.2. The number of aromatic nitrogens is 1. The lowest BCUT2D eigenvalue weighted by molar-refractivity contribution is 0.454. The molecule has 1 heterocycles. The van der Waals surface area contributed by atoms with E-state index in [1.807, 2.05) is 0 Å². The Labute approximate surface area is 116 Å². The number of nitrogen functional groups attached to an aromatic ring is 1. The van der Waals surface area contributed by atoms with Crippen LogP contribution in [0.4, 0.5) is 10.1 Å². The van der Waals surface area contributed by atoms with Crippen LogP contribution >= 0.6 is 0 Å². The van der Waals surface area contributed by atoms with E-state index in [4.69, 9.17) is 5.73 Å². The molecule has 0 atom stereocenters. The fourth-order valence-corrected chi connectivity index (χ4v) is 2.88. The normalized spacial score (nSPS) is 11.8. The van der Waals surface area contributed by atoms with E-state index in [1.165, 1.54) is 31.4 Å². The Kier molecular flexibility index (Phi) is 4.01. The van der Waals surface area contributed by atoms with Crippen molar-refractivity contribution in [2.75, 3.05) is 12.8 Å². The largest absolute Gasteiger partial charge is 0.396 e. The molecular formula is C13H14FN3O2S. The van der Waals surface area contributed by atoms with Crippen molar-refractivity contribution in [1.82, 2.24) is 9.29 Å². The predicted octanol–water partition coefficient (Wildman–Crippen LogP) is 1.62. The Balaban J connectivity index is 2.31. The number of pyridine rings is 1. The van der Waals surface area contributed by atoms with Crippen LogP contribution in [-0.2, 0) is 16.6 Å². The summed E-state index contributed by atoms with van der Waals surface area (Å²) in [7, 11) is -2.50. The second kappa shape index (κ2) is 5.56. The molecule has 0 bridgehead atoms. The number of nitrogens with two attached hydrogens (primary N) is 1. The topological polar surface area (TPSA) is 76.3 Å². The van der Waals surface area contributed by atoms with E-state index >= 15 is 0 Å². The van der Waals surface area contributed by atoms with Gasteiger partial charge in [-0.3, -0.25) is 0 Å². The summed E-state index contributed by atoms with van der Waals surface area (Å²) in [5.74, 6) is -0.455. The Hall–Kier alpha value is -1.99. The van der Waals surface area contributed by atoms with E-state index in [1.54, 1.807) is 18.2 Å². The predicted molar refractivity (Wildman–Crippen MR) is 73.7 cm³/mol. The van der Waals surface area contributed by atoms with Crippen LogP contribution in [0.25, 0.3) is 0 Å². The molecule has 1 aromatic heterocycles. The number of hydrogen-bond acceptors (Lipinski definition) is 4. The highest BCUT2D eigenvalue weighted by Crippen LogP contribution is 2.20. The van der Waals surface area contributed by atoms with Crippen molar-refractivity contribution >= 4 is 15.7 Å². The maximum atomic E-state index is 13.6. The van der Waals surface area contributed by atoms with Crippen LogP contribution < -0.4 is 5.73 Å². The van der Waals surface area contributed by atoms with Gasteiger partial charge in [-0.2, -0.15) is 4.31 Å². The molecule has 2 aromatic rings. The molecular weight excluding hydrogens is 281 g/mol. The van der Waals surface area contributed by atoms with E-state index in [-0.39, 0.29) is 22.8 Å². The van der Waals surface area contributed by atoms with Gasteiger partial charge in [0.1, 0.15) is 5.82 Å². The minimum absolute atomic E-state index is 0.0629. The van der Waals surface area contributed by atoms with Crippen LogP contribution in [0.5, 0.6) is 0 Å². The van der Waals surface area contributed by atoms with Gasteiger partial charge in [0.25, 0.3) is 10.0 Å². The first-order valence-corrected chi connectivity index (χ1v) is 7.27. The molecule has 0 saturated heterocycles. The highest BCUT2D eigenvalue weighted by molar-refractivity contribution is 7.89. The SMILES string of the molecule is CN(Cc1ccccc1F)S(=O)(=O)c1ncccc1N. The average Bonchev–Trinajstić information content (AvgIpc) is 2.41. The Morgan fingerprint density at radius 3 is 2.60 bits per heavy atom. The van der Waals surface area contributed by atoms with Crippen LogP contribution in [-0.4, -0.2) is 24.8 Å². The van der Waals surface area contributed by atoms with Crippen LogP contribution in [0.1, 0.15) is 5.56 Å². The number of hydrogen-bond donors (Lipinski definition) is 1. The molecule has 0 aliphatic heterocycles. The number of nitrogens with zero attached hydrogens (tertiary/aromatic N) is 2. The molecule has 0 aliphatic rings. The van der Waals surface area contributed by atoms with Gasteiger partial charge in [-0.15, -0.1) is 0 Å². The van der Waals surface area contributed by atoms with Crippen molar-refractivity contribution in [1.29, 1.82) is 0 Å². The van der Waals surface area contributed by atoms with Crippen molar-refractivity contribution in [2.24, 2.45) is 0 Å². The van der Waals surface area contributed by atoms with Crippen molar-refractivity contribution in [3.8, 4) is 0 Å². The van der Waals surface area contributed by atoms with Gasteiger partial charge in [0.05, 0.1) is 5.69 Å². The number of halogens is 1. The second-order valence-corrected chi connectivity index (χ2v) is 6.21. The summed E-state index contributed by atoms with van der Waals surface area (Å²) in [5, 5.41) is -0.223. The van der Waals surface area contributed by atoms with Gasteiger partial charge in [-0.25, -0.2) is 17.8 Å². The summed E-state index contributed by atoms with van der Waals surface area (Å²) >= 11 is 0. The van der Waals surface area contributed by atoms with Crippen molar-refractivity contribution in [2.45, 2.75) is 11.6 Å². The van der Waals surface area contributed by atoms with Crippen LogP contribution in [0.3, 0.4) is 0 Å². The quantitative estimate of drug-likeness (QED) is 0.930. The standard InChI is InChI=1S/C13H14FN3O2S/c1-17(9-10-5-2-3-6-11(10)14)20(18,19)13-12(15)7-4-8-16-13/h2-8H,9,15H2,1H3. The second-order valence-electron chi connectivity index (χ2n) is 4.25. The van der Waals surface area contributed by atoms with E-state index in [0.29, 0.717) is 0 Å². The molecule has 2 N–H and O–H groups in total. The lowest BCUT2D eigenvalue weighted by Gasteiger charge is -2.17. The third-order valence-corrected chi connectivity index (χ3v) is 4.59. The van der Waals surface area contributed by atoms with E-state index in [0.717, 1.165) is 4.31 Å². The lowest BCUT2D eigenvalue weighted by Crippen LogP contribution is -2.28. The molecule has 0 amide bonds. The molecule has 1 aromatic carbocycles. The summed E-state index contributed by atoms with van der Waals surface area (Å²) in [6.45, 7) is -0.0922. The molecule has 20 heavy (non-hydrogen) atoms. The summed E-state index contributed by atoms with van der Waals surface area (Å²) in [5.41, 5.74) is 5.97. The molecule has 0 fully saturated rings. The number of anilines is 1. The van der Waals surface area contributed by atoms with Gasteiger partial charge in [0, 0.05) is 25.4 Å². The highest BCUT2D eigenvalue weighted by Gasteiger charge is 2.25. The molecule has 0 spiro atoms. The zero-order valence-corrected chi connectivity index (χ0v) is 11.6. The van der Waals surface area contributed by atoms with Gasteiger partial charge >= 0.3 is 0 Å². The van der Waals surface area contributed by atoms with Crippen LogP contribution in [0.15, 0.2) is 47.6 Å². The summed E-state index contributed by atoms with van der Waals surface area (Å²) < 4.78 is 39.2. The first-order chi connectivity index (χ1) is 9.43. The Morgan fingerprint density at radius 1 is 1.25 bits per heavy atom. The molecule has 0 unspecified atom stereocenters. The molecule has 0 saturated carbocycles. The zero-order valence-electron chi connectivity index (χ0n) is 10.8. The number of rotatable bonds is 4. The Morgan fingerprint density at radius 2 is 1.95 bits per heavy atom. The molecule has 2 rings (SSSR count). The van der Waals surface area contributed by atoms with E-state index in [9.17, 15) is 12.8 Å². The molecule has 7 heteroatoms. The van der Waals surface area contributed by atoms with Gasteiger partial charge in [0.2, 0.25) is 0 Å². The van der Waals surface area contributed by atoms with Gasteiger partial charge in [-0.05, 0) is 18.2 Å². The first kappa shape index (κ1) is 14.4. The number of sulfonamides is 1. The zero-order chi connectivity index (χ0) is 14.8. The minimum atomic E-state index is -3.85. The van der Waals surface area contributed by atoms with Gasteiger partial charge in [-0.1, -0.05) is 18.2 Å². The third-order valence-electron chi connectivity index (χ3n) is 2.81. The molecule has 0 aliphatic carbocycles. The van der Waals surface area contributed by atoms with Crippen LogP contribution in [0.2, 0.25) is 0 Å². The maximum absolute atomic E-state index is 13.6. The fourth-order valence-electron chi connectivity index (χ4n) is 1.72. The minimum Gasteiger partial charge on any atom is -0.396 e. The fraction of sp³-hybridized carbons (Fsp3) is 0.154. The summed E-state index contributed by atoms with van der Waals surface area (Å²) in [6.07, 6.45) is 1.35. The summed E-state index contributed by atoms with van der Waals surface area (Å²) in [4.78, 5) is 3.79. The molecule has 0 radical (unpaired) electrons.